The number of benzene rings is 1. The smallest absolute Gasteiger partial charge is 0.259 e. The first-order valence-electron chi connectivity index (χ1n) is 8.22. The van der Waals surface area contributed by atoms with Crippen LogP contribution in [0, 0.1) is 0 Å². The van der Waals surface area contributed by atoms with E-state index in [2.05, 4.69) is 27.2 Å². The predicted molar refractivity (Wildman–Crippen MR) is 92.3 cm³/mol. The monoisotopic (exact) mass is 316 g/mol. The van der Waals surface area contributed by atoms with Gasteiger partial charge in [0.15, 0.2) is 0 Å². The second-order valence-electron chi connectivity index (χ2n) is 6.45. The molecule has 0 amide bonds. The number of rotatable bonds is 3. The standard InChI is InChI=1S/C19H16N4O/c24-19-15-9-16(13-6-7-13)20-11-17(15)23-18(22-19)14(10-21-23)8-12-4-2-1-3-5-12/h1-5,9-11,13H,6-8H2,(H,22,24). The van der Waals surface area contributed by atoms with Crippen molar-refractivity contribution in [2.45, 2.75) is 25.2 Å². The normalized spacial score (nSPS) is 14.5. The van der Waals surface area contributed by atoms with Gasteiger partial charge in [-0.15, -0.1) is 0 Å². The van der Waals surface area contributed by atoms with Crippen LogP contribution in [0.25, 0.3) is 16.6 Å². The summed E-state index contributed by atoms with van der Waals surface area (Å²) >= 11 is 0. The van der Waals surface area contributed by atoms with E-state index in [1.807, 2.05) is 30.5 Å². The molecule has 0 saturated heterocycles. The zero-order valence-electron chi connectivity index (χ0n) is 13.1. The van der Waals surface area contributed by atoms with Gasteiger partial charge in [0.1, 0.15) is 5.65 Å². The number of H-pyrrole nitrogens is 1. The lowest BCUT2D eigenvalue weighted by Gasteiger charge is -2.05. The lowest BCUT2D eigenvalue weighted by Crippen LogP contribution is -2.11. The van der Waals surface area contributed by atoms with Gasteiger partial charge in [-0.05, 0) is 24.5 Å². The fourth-order valence-electron chi connectivity index (χ4n) is 3.24. The van der Waals surface area contributed by atoms with Crippen molar-refractivity contribution >= 4 is 16.6 Å². The number of fused-ring (bicyclic) bond motifs is 3. The Hall–Kier alpha value is -2.95. The van der Waals surface area contributed by atoms with Gasteiger partial charge in [0, 0.05) is 23.6 Å². The van der Waals surface area contributed by atoms with E-state index in [9.17, 15) is 4.79 Å². The van der Waals surface area contributed by atoms with E-state index in [4.69, 9.17) is 0 Å². The van der Waals surface area contributed by atoms with Crippen LogP contribution in [0.2, 0.25) is 0 Å². The highest BCUT2D eigenvalue weighted by molar-refractivity contribution is 5.80. The van der Waals surface area contributed by atoms with Gasteiger partial charge in [-0.25, -0.2) is 4.52 Å². The third-order valence-electron chi connectivity index (χ3n) is 4.69. The van der Waals surface area contributed by atoms with Crippen molar-refractivity contribution in [3.05, 3.63) is 76.0 Å². The zero-order chi connectivity index (χ0) is 16.1. The van der Waals surface area contributed by atoms with Crippen LogP contribution in [0.4, 0.5) is 0 Å². The highest BCUT2D eigenvalue weighted by atomic mass is 16.1. The van der Waals surface area contributed by atoms with Crippen LogP contribution < -0.4 is 5.56 Å². The molecule has 1 fully saturated rings. The van der Waals surface area contributed by atoms with Gasteiger partial charge in [-0.2, -0.15) is 5.10 Å². The van der Waals surface area contributed by atoms with Gasteiger partial charge in [0.2, 0.25) is 0 Å². The number of aromatic amines is 1. The van der Waals surface area contributed by atoms with Crippen LogP contribution in [0.15, 0.2) is 53.6 Å². The first-order valence-corrected chi connectivity index (χ1v) is 8.22. The molecule has 5 nitrogen and oxygen atoms in total. The van der Waals surface area contributed by atoms with Crippen molar-refractivity contribution in [2.24, 2.45) is 0 Å². The van der Waals surface area contributed by atoms with Crippen molar-refractivity contribution in [3.63, 3.8) is 0 Å². The van der Waals surface area contributed by atoms with E-state index in [1.54, 1.807) is 10.7 Å². The summed E-state index contributed by atoms with van der Waals surface area (Å²) in [4.78, 5) is 20.1. The molecule has 1 saturated carbocycles. The maximum atomic E-state index is 12.6. The lowest BCUT2D eigenvalue weighted by molar-refractivity contribution is 0.959. The Kier molecular flexibility index (Phi) is 2.82. The summed E-state index contributed by atoms with van der Waals surface area (Å²) in [5.74, 6) is 0.524. The predicted octanol–water partition coefficient (Wildman–Crippen LogP) is 3.04. The summed E-state index contributed by atoms with van der Waals surface area (Å²) in [7, 11) is 0. The molecule has 4 aromatic rings. The molecule has 118 valence electrons. The van der Waals surface area contributed by atoms with Gasteiger partial charge < -0.3 is 4.98 Å². The van der Waals surface area contributed by atoms with Gasteiger partial charge in [-0.3, -0.25) is 9.78 Å². The van der Waals surface area contributed by atoms with E-state index < -0.39 is 0 Å². The molecule has 0 radical (unpaired) electrons. The number of aromatic nitrogens is 4. The molecule has 0 aliphatic heterocycles. The minimum atomic E-state index is -0.0726. The summed E-state index contributed by atoms with van der Waals surface area (Å²) in [6, 6.07) is 12.1. The van der Waals surface area contributed by atoms with Crippen LogP contribution in [0.5, 0.6) is 0 Å². The van der Waals surface area contributed by atoms with E-state index in [0.29, 0.717) is 11.3 Å². The molecule has 24 heavy (non-hydrogen) atoms. The Bertz CT molecular complexity index is 1110. The largest absolute Gasteiger partial charge is 0.306 e. The van der Waals surface area contributed by atoms with Crippen LogP contribution in [0.1, 0.15) is 35.6 Å². The molecule has 0 unspecified atom stereocenters. The summed E-state index contributed by atoms with van der Waals surface area (Å²) in [5.41, 5.74) is 4.65. The molecule has 1 N–H and O–H groups in total. The molecule has 5 rings (SSSR count). The van der Waals surface area contributed by atoms with E-state index in [0.717, 1.165) is 28.8 Å². The minimum absolute atomic E-state index is 0.0726. The van der Waals surface area contributed by atoms with Crippen LogP contribution in [-0.2, 0) is 6.42 Å². The van der Waals surface area contributed by atoms with Gasteiger partial charge in [0.25, 0.3) is 5.56 Å². The summed E-state index contributed by atoms with van der Waals surface area (Å²) in [6.07, 6.45) is 6.68. The van der Waals surface area contributed by atoms with E-state index >= 15 is 0 Å². The van der Waals surface area contributed by atoms with Gasteiger partial charge >= 0.3 is 0 Å². The molecule has 1 aliphatic carbocycles. The Morgan fingerprint density at radius 1 is 1.17 bits per heavy atom. The molecule has 0 spiro atoms. The molecule has 0 atom stereocenters. The molecule has 5 heteroatoms. The fourth-order valence-corrected chi connectivity index (χ4v) is 3.24. The average Bonchev–Trinajstić information content (AvgIpc) is 3.39. The highest BCUT2D eigenvalue weighted by Crippen LogP contribution is 2.39. The number of pyridine rings is 1. The summed E-state index contributed by atoms with van der Waals surface area (Å²) in [5, 5.41) is 5.14. The number of nitrogens with one attached hydrogen (secondary N) is 1. The highest BCUT2D eigenvalue weighted by Gasteiger charge is 2.25. The number of hydrogen-bond donors (Lipinski definition) is 1. The van der Waals surface area contributed by atoms with Crippen LogP contribution >= 0.6 is 0 Å². The maximum absolute atomic E-state index is 12.6. The zero-order valence-corrected chi connectivity index (χ0v) is 13.1. The van der Waals surface area contributed by atoms with Crippen LogP contribution in [-0.4, -0.2) is 19.6 Å². The third-order valence-corrected chi connectivity index (χ3v) is 4.69. The molecule has 3 heterocycles. The Labute approximate surface area is 138 Å². The molecule has 1 aromatic carbocycles. The van der Waals surface area contributed by atoms with Crippen molar-refractivity contribution in [2.75, 3.05) is 0 Å². The average molecular weight is 316 g/mol. The van der Waals surface area contributed by atoms with Crippen molar-refractivity contribution < 1.29 is 0 Å². The molecular weight excluding hydrogens is 300 g/mol. The first kappa shape index (κ1) is 13.5. The molecule has 1 aliphatic rings. The van der Waals surface area contributed by atoms with Crippen LogP contribution in [0.3, 0.4) is 0 Å². The number of hydrogen-bond acceptors (Lipinski definition) is 3. The first-order chi connectivity index (χ1) is 11.8. The van der Waals surface area contributed by atoms with Gasteiger partial charge in [-0.1, -0.05) is 30.3 Å². The van der Waals surface area contributed by atoms with E-state index in [1.165, 1.54) is 18.4 Å². The summed E-state index contributed by atoms with van der Waals surface area (Å²) < 4.78 is 1.79. The van der Waals surface area contributed by atoms with Crippen molar-refractivity contribution in [3.8, 4) is 0 Å². The second kappa shape index (κ2) is 5.03. The Morgan fingerprint density at radius 3 is 2.79 bits per heavy atom. The SMILES string of the molecule is O=c1[nH]c2c(Cc3ccccc3)cnn2c2cnc(C3CC3)cc12. The minimum Gasteiger partial charge on any atom is -0.306 e. The maximum Gasteiger partial charge on any atom is 0.259 e. The summed E-state index contributed by atoms with van der Waals surface area (Å²) in [6.45, 7) is 0. The quantitative estimate of drug-likeness (QED) is 0.632. The second-order valence-corrected chi connectivity index (χ2v) is 6.45. The number of nitrogens with zero attached hydrogens (tertiary/aromatic N) is 3. The van der Waals surface area contributed by atoms with Gasteiger partial charge in [0.05, 0.1) is 23.3 Å². The molecule has 0 bridgehead atoms. The van der Waals surface area contributed by atoms with Crippen molar-refractivity contribution in [1.82, 2.24) is 19.6 Å². The lowest BCUT2D eigenvalue weighted by atomic mass is 10.1. The third kappa shape index (κ3) is 2.12. The fraction of sp³-hybridized carbons (Fsp3) is 0.211. The topological polar surface area (TPSA) is 63.0 Å². The molecule has 3 aromatic heterocycles. The van der Waals surface area contributed by atoms with Crippen molar-refractivity contribution in [1.29, 1.82) is 0 Å². The molecular formula is C19H16N4O. The Balaban J connectivity index is 1.68. The van der Waals surface area contributed by atoms with E-state index in [-0.39, 0.29) is 5.56 Å². The Morgan fingerprint density at radius 2 is 2.00 bits per heavy atom.